The quantitative estimate of drug-likeness (QED) is 0.418. The van der Waals surface area contributed by atoms with Crippen molar-refractivity contribution in [1.29, 1.82) is 0 Å². The second kappa shape index (κ2) is 9.90. The molecule has 0 unspecified atom stereocenters. The Kier molecular flexibility index (Phi) is 7.47. The number of rotatable bonds is 8. The fourth-order valence-electron chi connectivity index (χ4n) is 6.01. The number of nitrogens with zero attached hydrogens (tertiary/aromatic N) is 1. The van der Waals surface area contributed by atoms with Gasteiger partial charge in [-0.15, -0.1) is 0 Å². The molecule has 4 rings (SSSR count). The molecule has 0 aromatic heterocycles. The zero-order valence-corrected chi connectivity index (χ0v) is 25.0. The van der Waals surface area contributed by atoms with Gasteiger partial charge in [0.25, 0.3) is 0 Å². The predicted octanol–water partition coefficient (Wildman–Crippen LogP) is 6.24. The van der Waals surface area contributed by atoms with Crippen molar-refractivity contribution in [1.82, 2.24) is 4.81 Å². The Labute approximate surface area is 224 Å². The van der Waals surface area contributed by atoms with E-state index in [2.05, 4.69) is 78.9 Å². The van der Waals surface area contributed by atoms with Crippen molar-refractivity contribution in [3.05, 3.63) is 65.2 Å². The second-order valence-corrected chi connectivity index (χ2v) is 17.8. The van der Waals surface area contributed by atoms with Crippen molar-refractivity contribution in [3.63, 3.8) is 0 Å². The van der Waals surface area contributed by atoms with E-state index < -0.39 is 15.4 Å². The summed E-state index contributed by atoms with van der Waals surface area (Å²) >= 11 is 0. The fourth-order valence-corrected chi connectivity index (χ4v) is 7.03. The molecule has 7 heteroatoms. The van der Waals surface area contributed by atoms with Crippen molar-refractivity contribution in [2.24, 2.45) is 11.8 Å². The first-order chi connectivity index (χ1) is 17.2. The topological polar surface area (TPSA) is 59.0 Å². The largest absolute Gasteiger partial charge is 0.489 e. The summed E-state index contributed by atoms with van der Waals surface area (Å²) < 4.78 is 12.9. The minimum atomic E-state index is -2.04. The van der Waals surface area contributed by atoms with E-state index in [1.165, 1.54) is 11.1 Å². The molecule has 2 aromatic rings. The van der Waals surface area contributed by atoms with E-state index in [1.54, 1.807) is 11.6 Å². The average molecular weight is 522 g/mol. The van der Waals surface area contributed by atoms with Gasteiger partial charge in [-0.05, 0) is 59.7 Å². The van der Waals surface area contributed by atoms with Crippen LogP contribution in [0.4, 0.5) is 0 Å². The molecule has 0 spiro atoms. The molecular formula is C30H44BNO4Si. The number of fused-ring (bicyclic) bond motifs is 3. The second-order valence-electron chi connectivity index (χ2n) is 13.0. The Hall–Kier alpha value is -2.09. The molecule has 2 aliphatic rings. The zero-order chi connectivity index (χ0) is 27.3. The van der Waals surface area contributed by atoms with Gasteiger partial charge in [-0.1, -0.05) is 77.9 Å². The van der Waals surface area contributed by atoms with Crippen LogP contribution in [-0.4, -0.2) is 43.8 Å². The first kappa shape index (κ1) is 27.9. The number of carbonyl (C=O) groups is 1. The van der Waals surface area contributed by atoms with Gasteiger partial charge in [0.1, 0.15) is 12.4 Å². The fraction of sp³-hybridized carbons (Fsp3) is 0.567. The summed E-state index contributed by atoms with van der Waals surface area (Å²) in [5, 5.41) is 10.8. The minimum absolute atomic E-state index is 0.0301. The summed E-state index contributed by atoms with van der Waals surface area (Å²) in [6.07, 6.45) is 0. The van der Waals surface area contributed by atoms with Gasteiger partial charge in [0.2, 0.25) is 5.91 Å². The third-order valence-corrected chi connectivity index (χ3v) is 14.0. The Morgan fingerprint density at radius 2 is 1.78 bits per heavy atom. The summed E-state index contributed by atoms with van der Waals surface area (Å²) in [5.41, 5.74) is 3.13. The standard InChI is InChI=1S/C30H44BNO4Si/c1-20(2)30(6)24-17-22(35-18-21-13-11-10-12-14-21)15-16-23(24)26-25(19-36-37(8,9)29(3,4)5)32(31(7)34)28(33)27(26)30/h10-17,20,25-27,34H,18-19H2,1-9H3/t25-,26-,27-,30+/m1/s1. The van der Waals surface area contributed by atoms with Crippen molar-refractivity contribution >= 4 is 21.3 Å². The third-order valence-electron chi connectivity index (χ3n) is 9.53. The van der Waals surface area contributed by atoms with E-state index in [-0.39, 0.29) is 40.2 Å². The number of amides is 1. The number of benzene rings is 2. The molecule has 1 fully saturated rings. The van der Waals surface area contributed by atoms with Crippen molar-refractivity contribution in [2.75, 3.05) is 6.61 Å². The van der Waals surface area contributed by atoms with Gasteiger partial charge < -0.3 is 19.0 Å². The van der Waals surface area contributed by atoms with Crippen LogP contribution in [0.15, 0.2) is 48.5 Å². The lowest BCUT2D eigenvalue weighted by Crippen LogP contribution is -2.51. The maximum absolute atomic E-state index is 14.0. The lowest BCUT2D eigenvalue weighted by atomic mass is 9.67. The molecule has 4 atom stereocenters. The third kappa shape index (κ3) is 4.79. The monoisotopic (exact) mass is 521 g/mol. The van der Waals surface area contributed by atoms with E-state index >= 15 is 0 Å². The van der Waals surface area contributed by atoms with Crippen molar-refractivity contribution in [2.45, 2.75) is 90.5 Å². The van der Waals surface area contributed by atoms with Gasteiger partial charge >= 0.3 is 7.05 Å². The summed E-state index contributed by atoms with van der Waals surface area (Å²) in [6.45, 7) is 20.4. The van der Waals surface area contributed by atoms with Gasteiger partial charge in [0, 0.05) is 11.3 Å². The predicted molar refractivity (Wildman–Crippen MR) is 153 cm³/mol. The van der Waals surface area contributed by atoms with Crippen LogP contribution in [-0.2, 0) is 21.2 Å². The number of carbonyl (C=O) groups excluding carboxylic acids is 1. The highest BCUT2D eigenvalue weighted by Gasteiger charge is 2.63. The number of ether oxygens (including phenoxy) is 1. The molecule has 1 aliphatic heterocycles. The van der Waals surface area contributed by atoms with Gasteiger partial charge in [-0.25, -0.2) is 0 Å². The molecule has 5 nitrogen and oxygen atoms in total. The molecule has 37 heavy (non-hydrogen) atoms. The highest BCUT2D eigenvalue weighted by atomic mass is 28.4. The van der Waals surface area contributed by atoms with Crippen LogP contribution in [0.3, 0.4) is 0 Å². The summed E-state index contributed by atoms with van der Waals surface area (Å²) in [7, 11) is -2.91. The maximum atomic E-state index is 14.0. The van der Waals surface area contributed by atoms with Crippen LogP contribution in [0.25, 0.3) is 0 Å². The van der Waals surface area contributed by atoms with Crippen LogP contribution in [0, 0.1) is 11.8 Å². The SMILES string of the molecule is CB(O)N1C(=O)[C@H]2[C@H](c3ccc(OCc4ccccc4)cc3[C@]2(C)C(C)C)[C@H]1CO[Si](C)(C)C(C)(C)C. The Balaban J connectivity index is 1.72. The number of hydrogen-bond donors (Lipinski definition) is 1. The summed E-state index contributed by atoms with van der Waals surface area (Å²) in [6, 6.07) is 16.3. The Bertz CT molecular complexity index is 1130. The van der Waals surface area contributed by atoms with Gasteiger partial charge in [-0.2, -0.15) is 0 Å². The highest BCUT2D eigenvalue weighted by Crippen LogP contribution is 2.60. The molecule has 1 saturated heterocycles. The lowest BCUT2D eigenvalue weighted by molar-refractivity contribution is -0.130. The van der Waals surface area contributed by atoms with Crippen LogP contribution in [0.1, 0.15) is 64.2 Å². The van der Waals surface area contributed by atoms with Crippen molar-refractivity contribution in [3.8, 4) is 5.75 Å². The average Bonchev–Trinajstić information content (AvgIpc) is 3.27. The normalized spacial score (nSPS) is 25.4. The minimum Gasteiger partial charge on any atom is -0.489 e. The van der Waals surface area contributed by atoms with Crippen LogP contribution < -0.4 is 4.74 Å². The Morgan fingerprint density at radius 3 is 2.35 bits per heavy atom. The molecule has 1 aliphatic carbocycles. The van der Waals surface area contributed by atoms with Gasteiger partial charge in [-0.3, -0.25) is 4.79 Å². The molecule has 1 N–H and O–H groups in total. The van der Waals surface area contributed by atoms with E-state index in [4.69, 9.17) is 9.16 Å². The smallest absolute Gasteiger partial charge is 0.412 e. The van der Waals surface area contributed by atoms with Gasteiger partial charge in [0.05, 0.1) is 18.6 Å². The van der Waals surface area contributed by atoms with Crippen LogP contribution in [0.5, 0.6) is 5.75 Å². The summed E-state index contributed by atoms with van der Waals surface area (Å²) in [5.74, 6) is 0.809. The highest BCUT2D eigenvalue weighted by molar-refractivity contribution is 6.74. The summed E-state index contributed by atoms with van der Waals surface area (Å²) in [4.78, 5) is 15.7. The molecule has 2 aromatic carbocycles. The molecule has 1 amide bonds. The first-order valence-corrected chi connectivity index (χ1v) is 16.6. The van der Waals surface area contributed by atoms with Crippen LogP contribution in [0.2, 0.25) is 25.0 Å². The van der Waals surface area contributed by atoms with Crippen LogP contribution >= 0.6 is 0 Å². The van der Waals surface area contributed by atoms with E-state index in [9.17, 15) is 9.82 Å². The molecular weight excluding hydrogens is 477 g/mol. The molecule has 200 valence electrons. The van der Waals surface area contributed by atoms with E-state index in [0.717, 1.165) is 11.3 Å². The number of hydrogen-bond acceptors (Lipinski definition) is 4. The molecule has 1 heterocycles. The van der Waals surface area contributed by atoms with E-state index in [1.807, 2.05) is 24.3 Å². The molecule has 0 saturated carbocycles. The zero-order valence-electron chi connectivity index (χ0n) is 24.0. The van der Waals surface area contributed by atoms with Crippen molar-refractivity contribution < 1.29 is 19.0 Å². The van der Waals surface area contributed by atoms with E-state index in [0.29, 0.717) is 13.2 Å². The molecule has 0 radical (unpaired) electrons. The molecule has 0 bridgehead atoms. The Morgan fingerprint density at radius 1 is 1.14 bits per heavy atom. The maximum Gasteiger partial charge on any atom is 0.412 e. The van der Waals surface area contributed by atoms with Gasteiger partial charge in [0.15, 0.2) is 8.32 Å². The first-order valence-electron chi connectivity index (χ1n) is 13.7. The lowest BCUT2D eigenvalue weighted by Gasteiger charge is -2.39.